The summed E-state index contributed by atoms with van der Waals surface area (Å²) in [4.78, 5) is 12.3. The van der Waals surface area contributed by atoms with E-state index in [0.29, 0.717) is 10.7 Å². The van der Waals surface area contributed by atoms with Gasteiger partial charge < -0.3 is 5.32 Å². The van der Waals surface area contributed by atoms with Crippen LogP contribution < -0.4 is 10.0 Å². The van der Waals surface area contributed by atoms with E-state index in [2.05, 4.69) is 10.0 Å². The zero-order valence-corrected chi connectivity index (χ0v) is 15.2. The van der Waals surface area contributed by atoms with Crippen LogP contribution in [0.5, 0.6) is 0 Å². The molecule has 2 aromatic rings. The van der Waals surface area contributed by atoms with Crippen molar-refractivity contribution in [2.75, 3.05) is 5.32 Å². The minimum atomic E-state index is -3.80. The van der Waals surface area contributed by atoms with Crippen molar-refractivity contribution in [2.45, 2.75) is 31.7 Å². The zero-order valence-electron chi connectivity index (χ0n) is 13.6. The maximum absolute atomic E-state index is 12.3. The minimum absolute atomic E-state index is 0.0537. The Balaban J connectivity index is 2.09. The van der Waals surface area contributed by atoms with Crippen molar-refractivity contribution in [3.63, 3.8) is 0 Å². The fourth-order valence-corrected chi connectivity index (χ4v) is 3.59. The SMILES string of the molecule is Cc1cc(C)cc(NC(=O)[C@@H](C)NS(=O)(=O)c2ccc(Cl)cc2)c1. The van der Waals surface area contributed by atoms with Crippen molar-refractivity contribution in [3.05, 3.63) is 58.6 Å². The Bertz CT molecular complexity index is 828. The van der Waals surface area contributed by atoms with Gasteiger partial charge >= 0.3 is 0 Å². The molecule has 1 atom stereocenters. The molecule has 2 rings (SSSR count). The van der Waals surface area contributed by atoms with Crippen molar-refractivity contribution >= 4 is 33.2 Å². The summed E-state index contributed by atoms with van der Waals surface area (Å²) in [6.07, 6.45) is 0. The predicted molar refractivity (Wildman–Crippen MR) is 95.8 cm³/mol. The number of carbonyl (C=O) groups excluding carboxylic acids is 1. The van der Waals surface area contributed by atoms with Gasteiger partial charge in [0.1, 0.15) is 0 Å². The second-order valence-corrected chi connectivity index (χ2v) is 7.81. The minimum Gasteiger partial charge on any atom is -0.325 e. The summed E-state index contributed by atoms with van der Waals surface area (Å²) in [5, 5.41) is 3.16. The Labute approximate surface area is 147 Å². The summed E-state index contributed by atoms with van der Waals surface area (Å²) < 4.78 is 26.9. The number of nitrogens with one attached hydrogen (secondary N) is 2. The highest BCUT2D eigenvalue weighted by Crippen LogP contribution is 2.16. The average molecular weight is 367 g/mol. The molecule has 0 radical (unpaired) electrons. The molecule has 0 heterocycles. The molecule has 2 aromatic carbocycles. The Hall–Kier alpha value is -1.89. The van der Waals surface area contributed by atoms with Crippen LogP contribution in [0.4, 0.5) is 5.69 Å². The summed E-state index contributed by atoms with van der Waals surface area (Å²) >= 11 is 5.75. The van der Waals surface area contributed by atoms with E-state index in [-0.39, 0.29) is 4.90 Å². The number of rotatable bonds is 5. The number of carbonyl (C=O) groups is 1. The van der Waals surface area contributed by atoms with Crippen LogP contribution >= 0.6 is 11.6 Å². The van der Waals surface area contributed by atoms with Gasteiger partial charge in [-0.2, -0.15) is 4.72 Å². The van der Waals surface area contributed by atoms with E-state index in [9.17, 15) is 13.2 Å². The molecule has 0 aliphatic rings. The highest BCUT2D eigenvalue weighted by atomic mass is 35.5. The zero-order chi connectivity index (χ0) is 17.9. The first-order chi connectivity index (χ1) is 11.2. The molecule has 2 N–H and O–H groups in total. The molecule has 1 amide bonds. The van der Waals surface area contributed by atoms with E-state index in [1.807, 2.05) is 32.0 Å². The van der Waals surface area contributed by atoms with Gasteiger partial charge in [-0.15, -0.1) is 0 Å². The van der Waals surface area contributed by atoms with Gasteiger partial charge in [0, 0.05) is 10.7 Å². The molecule has 5 nitrogen and oxygen atoms in total. The molecule has 24 heavy (non-hydrogen) atoms. The van der Waals surface area contributed by atoms with Crippen LogP contribution in [0.3, 0.4) is 0 Å². The summed E-state index contributed by atoms with van der Waals surface area (Å²) in [5.74, 6) is -0.433. The third kappa shape index (κ3) is 4.80. The third-order valence-electron chi connectivity index (χ3n) is 3.34. The Morgan fingerprint density at radius 2 is 1.58 bits per heavy atom. The van der Waals surface area contributed by atoms with Gasteiger partial charge in [0.15, 0.2) is 0 Å². The third-order valence-corrected chi connectivity index (χ3v) is 5.15. The van der Waals surface area contributed by atoms with E-state index in [1.165, 1.54) is 31.2 Å². The first kappa shape index (κ1) is 18.4. The number of sulfonamides is 1. The second-order valence-electron chi connectivity index (χ2n) is 5.66. The normalized spacial score (nSPS) is 12.7. The molecule has 7 heteroatoms. The van der Waals surface area contributed by atoms with Crippen LogP contribution in [-0.4, -0.2) is 20.4 Å². The fraction of sp³-hybridized carbons (Fsp3) is 0.235. The standard InChI is InChI=1S/C17H19ClN2O3S/c1-11-8-12(2)10-15(9-11)19-17(21)13(3)20-24(22,23)16-6-4-14(18)5-7-16/h4-10,13,20H,1-3H3,(H,19,21)/t13-/m1/s1. The topological polar surface area (TPSA) is 75.3 Å². The highest BCUT2D eigenvalue weighted by Gasteiger charge is 2.22. The summed E-state index contributed by atoms with van der Waals surface area (Å²) in [5.41, 5.74) is 2.66. The van der Waals surface area contributed by atoms with Crippen LogP contribution in [0.15, 0.2) is 47.4 Å². The molecule has 0 aliphatic carbocycles. The Morgan fingerprint density at radius 1 is 1.04 bits per heavy atom. The first-order valence-electron chi connectivity index (χ1n) is 7.34. The Morgan fingerprint density at radius 3 is 2.12 bits per heavy atom. The number of benzene rings is 2. The Kier molecular flexibility index (Phi) is 5.64. The molecule has 0 saturated heterocycles. The molecule has 0 fully saturated rings. The second kappa shape index (κ2) is 7.34. The van der Waals surface area contributed by atoms with Gasteiger partial charge in [0.05, 0.1) is 10.9 Å². The lowest BCUT2D eigenvalue weighted by molar-refractivity contribution is -0.117. The number of hydrogen-bond donors (Lipinski definition) is 2. The van der Waals surface area contributed by atoms with E-state index in [4.69, 9.17) is 11.6 Å². The van der Waals surface area contributed by atoms with Crippen LogP contribution in [-0.2, 0) is 14.8 Å². The molecule has 0 bridgehead atoms. The van der Waals surface area contributed by atoms with E-state index in [1.54, 1.807) is 0 Å². The van der Waals surface area contributed by atoms with Crippen LogP contribution in [0.25, 0.3) is 0 Å². The maximum Gasteiger partial charge on any atom is 0.242 e. The van der Waals surface area contributed by atoms with Gasteiger partial charge in [0.2, 0.25) is 15.9 Å². The number of anilines is 1. The number of aryl methyl sites for hydroxylation is 2. The van der Waals surface area contributed by atoms with E-state index >= 15 is 0 Å². The van der Waals surface area contributed by atoms with Crippen molar-refractivity contribution in [1.29, 1.82) is 0 Å². The van der Waals surface area contributed by atoms with E-state index in [0.717, 1.165) is 11.1 Å². The largest absolute Gasteiger partial charge is 0.325 e. The fourth-order valence-electron chi connectivity index (χ4n) is 2.27. The lowest BCUT2D eigenvalue weighted by Crippen LogP contribution is -2.41. The highest BCUT2D eigenvalue weighted by molar-refractivity contribution is 7.89. The number of amides is 1. The van der Waals surface area contributed by atoms with Crippen LogP contribution in [0.1, 0.15) is 18.1 Å². The van der Waals surface area contributed by atoms with Crippen molar-refractivity contribution in [1.82, 2.24) is 4.72 Å². The molecule has 0 unspecified atom stereocenters. The monoisotopic (exact) mass is 366 g/mol. The molecule has 0 saturated carbocycles. The number of hydrogen-bond acceptors (Lipinski definition) is 3. The van der Waals surface area contributed by atoms with Crippen molar-refractivity contribution in [3.8, 4) is 0 Å². The lowest BCUT2D eigenvalue weighted by Gasteiger charge is -2.15. The van der Waals surface area contributed by atoms with Gasteiger partial charge in [-0.1, -0.05) is 17.7 Å². The van der Waals surface area contributed by atoms with Gasteiger partial charge in [-0.05, 0) is 68.3 Å². The molecular formula is C17H19ClN2O3S. The van der Waals surface area contributed by atoms with Gasteiger partial charge in [-0.25, -0.2) is 8.42 Å². The van der Waals surface area contributed by atoms with Gasteiger partial charge in [0.25, 0.3) is 0 Å². The van der Waals surface area contributed by atoms with Crippen LogP contribution in [0, 0.1) is 13.8 Å². The molecular weight excluding hydrogens is 348 g/mol. The lowest BCUT2D eigenvalue weighted by atomic mass is 10.1. The summed E-state index contributed by atoms with van der Waals surface area (Å²) in [7, 11) is -3.80. The smallest absolute Gasteiger partial charge is 0.242 e. The van der Waals surface area contributed by atoms with Gasteiger partial charge in [-0.3, -0.25) is 4.79 Å². The van der Waals surface area contributed by atoms with Crippen molar-refractivity contribution < 1.29 is 13.2 Å². The quantitative estimate of drug-likeness (QED) is 0.852. The first-order valence-corrected chi connectivity index (χ1v) is 9.20. The summed E-state index contributed by atoms with van der Waals surface area (Å²) in [6.45, 7) is 5.34. The summed E-state index contributed by atoms with van der Waals surface area (Å²) in [6, 6.07) is 10.5. The average Bonchev–Trinajstić information content (AvgIpc) is 2.46. The number of halogens is 1. The molecule has 128 valence electrons. The van der Waals surface area contributed by atoms with E-state index < -0.39 is 22.0 Å². The maximum atomic E-state index is 12.3. The molecule has 0 aromatic heterocycles. The molecule has 0 aliphatic heterocycles. The predicted octanol–water partition coefficient (Wildman–Crippen LogP) is 3.26. The van der Waals surface area contributed by atoms with Crippen molar-refractivity contribution in [2.24, 2.45) is 0 Å². The molecule has 0 spiro atoms. The van der Waals surface area contributed by atoms with Crippen LogP contribution in [0.2, 0.25) is 5.02 Å².